The van der Waals surface area contributed by atoms with Gasteiger partial charge < -0.3 is 5.32 Å². The van der Waals surface area contributed by atoms with E-state index in [1.807, 2.05) is 0 Å². The lowest BCUT2D eigenvalue weighted by Crippen LogP contribution is -2.24. The minimum Gasteiger partial charge on any atom is -0.314 e. The van der Waals surface area contributed by atoms with Crippen molar-refractivity contribution in [2.24, 2.45) is 23.2 Å². The Morgan fingerprint density at radius 2 is 2.00 bits per heavy atom. The van der Waals surface area contributed by atoms with Crippen molar-refractivity contribution in [2.45, 2.75) is 51.0 Å². The van der Waals surface area contributed by atoms with Gasteiger partial charge in [0.05, 0.1) is 0 Å². The predicted molar refractivity (Wildman–Crippen MR) is 57.0 cm³/mol. The van der Waals surface area contributed by atoms with Gasteiger partial charge in [0.25, 0.3) is 0 Å². The van der Waals surface area contributed by atoms with Gasteiger partial charge in [0.15, 0.2) is 0 Å². The van der Waals surface area contributed by atoms with E-state index in [9.17, 15) is 0 Å². The minimum absolute atomic E-state index is 0.880. The molecule has 1 nitrogen and oxygen atoms in total. The maximum absolute atomic E-state index is 3.73. The van der Waals surface area contributed by atoms with Crippen LogP contribution in [-0.4, -0.2) is 12.6 Å². The lowest BCUT2D eigenvalue weighted by Gasteiger charge is -2.22. The Bertz CT molecular complexity index is 258. The molecule has 1 heteroatoms. The van der Waals surface area contributed by atoms with Crippen molar-refractivity contribution >= 4 is 0 Å². The van der Waals surface area contributed by atoms with Crippen molar-refractivity contribution in [1.29, 1.82) is 0 Å². The predicted octanol–water partition coefficient (Wildman–Crippen LogP) is 2.56. The van der Waals surface area contributed by atoms with E-state index in [0.29, 0.717) is 0 Å². The van der Waals surface area contributed by atoms with Crippen molar-refractivity contribution in [3.63, 3.8) is 0 Å². The van der Waals surface area contributed by atoms with Gasteiger partial charge in [-0.3, -0.25) is 0 Å². The van der Waals surface area contributed by atoms with Gasteiger partial charge in [-0.15, -0.1) is 0 Å². The van der Waals surface area contributed by atoms with Crippen LogP contribution in [0.2, 0.25) is 0 Å². The first-order chi connectivity index (χ1) is 6.87. The molecule has 0 amide bonds. The summed E-state index contributed by atoms with van der Waals surface area (Å²) in [6.45, 7) is 1.36. The maximum atomic E-state index is 3.73. The zero-order valence-electron chi connectivity index (χ0n) is 8.97. The van der Waals surface area contributed by atoms with E-state index in [1.165, 1.54) is 19.4 Å². The monoisotopic (exact) mass is 191 g/mol. The van der Waals surface area contributed by atoms with Crippen LogP contribution in [0, 0.1) is 23.2 Å². The quantitative estimate of drug-likeness (QED) is 0.723. The van der Waals surface area contributed by atoms with Gasteiger partial charge in [-0.2, -0.15) is 0 Å². The van der Waals surface area contributed by atoms with Gasteiger partial charge in [-0.05, 0) is 68.2 Å². The van der Waals surface area contributed by atoms with E-state index < -0.39 is 0 Å². The number of rotatable bonds is 3. The average molecular weight is 191 g/mol. The summed E-state index contributed by atoms with van der Waals surface area (Å²) in [6.07, 6.45) is 10.8. The topological polar surface area (TPSA) is 12.0 Å². The van der Waals surface area contributed by atoms with E-state index in [1.54, 1.807) is 32.1 Å². The molecule has 0 aliphatic heterocycles. The lowest BCUT2D eigenvalue weighted by molar-refractivity contribution is 0.278. The molecular weight excluding hydrogens is 170 g/mol. The molecule has 0 aromatic rings. The molecule has 0 saturated heterocycles. The fourth-order valence-electron chi connectivity index (χ4n) is 4.51. The van der Waals surface area contributed by atoms with E-state index >= 15 is 0 Å². The molecule has 4 aliphatic rings. The van der Waals surface area contributed by atoms with Crippen LogP contribution in [0.5, 0.6) is 0 Å². The Morgan fingerprint density at radius 3 is 2.64 bits per heavy atom. The molecule has 0 heterocycles. The number of nitrogens with one attached hydrogen (secondary N) is 1. The van der Waals surface area contributed by atoms with E-state index in [4.69, 9.17) is 0 Å². The number of fused-ring (bicyclic) bond motifs is 3. The summed E-state index contributed by atoms with van der Waals surface area (Å²) in [7, 11) is 0. The fourth-order valence-corrected chi connectivity index (χ4v) is 4.51. The summed E-state index contributed by atoms with van der Waals surface area (Å²) in [5.74, 6) is 3.38. The maximum Gasteiger partial charge on any atom is 0.00683 e. The fraction of sp³-hybridized carbons (Fsp3) is 1.00. The molecule has 4 saturated carbocycles. The summed E-state index contributed by atoms with van der Waals surface area (Å²) < 4.78 is 0. The Kier molecular flexibility index (Phi) is 1.49. The SMILES string of the molecule is C1CC2CC1CC21CC1CNC1CC1. The molecule has 4 aliphatic carbocycles. The molecule has 0 aromatic heterocycles. The van der Waals surface area contributed by atoms with Crippen LogP contribution in [0.4, 0.5) is 0 Å². The van der Waals surface area contributed by atoms with Crippen molar-refractivity contribution in [3.05, 3.63) is 0 Å². The van der Waals surface area contributed by atoms with Crippen molar-refractivity contribution in [2.75, 3.05) is 6.54 Å². The van der Waals surface area contributed by atoms with Crippen LogP contribution in [0.1, 0.15) is 44.9 Å². The molecule has 1 spiro atoms. The summed E-state index contributed by atoms with van der Waals surface area (Å²) in [6, 6.07) is 0.922. The molecule has 2 bridgehead atoms. The second kappa shape index (κ2) is 2.55. The summed E-state index contributed by atoms with van der Waals surface area (Å²) in [5, 5.41) is 3.73. The smallest absolute Gasteiger partial charge is 0.00683 e. The zero-order valence-corrected chi connectivity index (χ0v) is 8.97. The Morgan fingerprint density at radius 1 is 1.07 bits per heavy atom. The highest BCUT2D eigenvalue weighted by molar-refractivity contribution is 5.14. The third kappa shape index (κ3) is 1.05. The Hall–Kier alpha value is -0.0400. The summed E-state index contributed by atoms with van der Waals surface area (Å²) in [5.41, 5.74) is 0.880. The highest BCUT2D eigenvalue weighted by atomic mass is 15.0. The minimum atomic E-state index is 0.880. The molecule has 1 N–H and O–H groups in total. The molecule has 4 atom stereocenters. The van der Waals surface area contributed by atoms with Crippen molar-refractivity contribution in [3.8, 4) is 0 Å². The average Bonchev–Trinajstić information content (AvgIpc) is 3.03. The third-order valence-corrected chi connectivity index (χ3v) is 5.53. The van der Waals surface area contributed by atoms with Crippen LogP contribution in [0.25, 0.3) is 0 Å². The van der Waals surface area contributed by atoms with Crippen LogP contribution in [-0.2, 0) is 0 Å². The van der Waals surface area contributed by atoms with Crippen LogP contribution in [0.3, 0.4) is 0 Å². The largest absolute Gasteiger partial charge is 0.314 e. The molecular formula is C13H21N. The lowest BCUT2D eigenvalue weighted by atomic mass is 9.84. The molecule has 4 rings (SSSR count). The Labute approximate surface area is 86.6 Å². The van der Waals surface area contributed by atoms with Gasteiger partial charge in [0.2, 0.25) is 0 Å². The Balaban J connectivity index is 1.39. The van der Waals surface area contributed by atoms with E-state index in [2.05, 4.69) is 5.32 Å². The molecule has 0 aromatic carbocycles. The van der Waals surface area contributed by atoms with Gasteiger partial charge in [0, 0.05) is 6.04 Å². The first kappa shape index (κ1) is 8.15. The normalized spacial score (nSPS) is 54.4. The third-order valence-electron chi connectivity index (χ3n) is 5.53. The van der Waals surface area contributed by atoms with Gasteiger partial charge in [-0.25, -0.2) is 0 Å². The van der Waals surface area contributed by atoms with Crippen LogP contribution < -0.4 is 5.32 Å². The van der Waals surface area contributed by atoms with Crippen molar-refractivity contribution in [1.82, 2.24) is 5.32 Å². The van der Waals surface area contributed by atoms with E-state index in [0.717, 1.165) is 29.2 Å². The van der Waals surface area contributed by atoms with E-state index in [-0.39, 0.29) is 0 Å². The zero-order chi connectivity index (χ0) is 9.17. The van der Waals surface area contributed by atoms with Gasteiger partial charge in [-0.1, -0.05) is 6.42 Å². The van der Waals surface area contributed by atoms with Crippen molar-refractivity contribution < 1.29 is 0 Å². The molecule has 4 unspecified atom stereocenters. The van der Waals surface area contributed by atoms with Gasteiger partial charge in [0.1, 0.15) is 0 Å². The highest BCUT2D eigenvalue weighted by Crippen LogP contribution is 2.71. The molecule has 14 heavy (non-hydrogen) atoms. The highest BCUT2D eigenvalue weighted by Gasteiger charge is 2.64. The number of hydrogen-bond donors (Lipinski definition) is 1. The van der Waals surface area contributed by atoms with Crippen LogP contribution in [0.15, 0.2) is 0 Å². The first-order valence-electron chi connectivity index (χ1n) is 6.60. The molecule has 4 fully saturated rings. The first-order valence-corrected chi connectivity index (χ1v) is 6.60. The molecule has 78 valence electrons. The second-order valence-corrected chi connectivity index (χ2v) is 6.40. The number of hydrogen-bond acceptors (Lipinski definition) is 1. The second-order valence-electron chi connectivity index (χ2n) is 6.40. The molecule has 0 radical (unpaired) electrons. The summed E-state index contributed by atoms with van der Waals surface area (Å²) in [4.78, 5) is 0. The van der Waals surface area contributed by atoms with Crippen LogP contribution >= 0.6 is 0 Å². The standard InChI is InChI=1S/C13H21N/c1-2-10-5-9(1)6-13(10)7-11(13)8-14-12-3-4-12/h9-12,14H,1-8H2. The van der Waals surface area contributed by atoms with Gasteiger partial charge >= 0.3 is 0 Å². The summed E-state index contributed by atoms with van der Waals surface area (Å²) >= 11 is 0.